The Bertz CT molecular complexity index is 1150. The van der Waals surface area contributed by atoms with Gasteiger partial charge in [0.2, 0.25) is 5.91 Å². The molecule has 0 unspecified atom stereocenters. The molecule has 0 spiro atoms. The van der Waals surface area contributed by atoms with E-state index in [0.29, 0.717) is 16.4 Å². The first-order valence-corrected chi connectivity index (χ1v) is 11.8. The van der Waals surface area contributed by atoms with Crippen LogP contribution in [0.3, 0.4) is 0 Å². The number of hydrogen-bond acceptors (Lipinski definition) is 7. The number of anilines is 1. The standard InChI is InChI=1S/C25H27N3O5S/c1-16-12-18-6-4-5-7-19(18)28(16)15-23(29)26-10-11-27-24(30)22(34-25(27)31)14-17-8-9-20(32-2)21(13-17)33-3/h4-9,13-14,16H,10-12,15H2,1-3H3,(H,26,29)/b22-14-/t16-/m1/s1. The van der Waals surface area contributed by atoms with Gasteiger partial charge in [0.05, 0.1) is 25.7 Å². The highest BCUT2D eigenvalue weighted by molar-refractivity contribution is 8.18. The van der Waals surface area contributed by atoms with Crippen LogP contribution in [0.25, 0.3) is 6.08 Å². The number of benzene rings is 2. The number of fused-ring (bicyclic) bond motifs is 1. The van der Waals surface area contributed by atoms with Crippen LogP contribution in [-0.2, 0) is 16.0 Å². The zero-order valence-corrected chi connectivity index (χ0v) is 20.2. The molecule has 0 radical (unpaired) electrons. The molecular formula is C25H27N3O5S. The monoisotopic (exact) mass is 481 g/mol. The van der Waals surface area contributed by atoms with Gasteiger partial charge >= 0.3 is 0 Å². The third-order valence-corrected chi connectivity index (χ3v) is 6.81. The predicted molar refractivity (Wildman–Crippen MR) is 132 cm³/mol. The molecule has 3 amide bonds. The molecule has 2 aliphatic rings. The first kappa shape index (κ1) is 23.7. The minimum Gasteiger partial charge on any atom is -0.493 e. The maximum absolute atomic E-state index is 12.8. The number of thioether (sulfide) groups is 1. The van der Waals surface area contributed by atoms with Crippen molar-refractivity contribution in [2.24, 2.45) is 0 Å². The fourth-order valence-electron chi connectivity index (χ4n) is 4.18. The molecule has 1 fully saturated rings. The molecule has 0 aliphatic carbocycles. The van der Waals surface area contributed by atoms with Crippen LogP contribution in [0, 0.1) is 0 Å². The quantitative estimate of drug-likeness (QED) is 0.579. The number of imide groups is 1. The minimum atomic E-state index is -0.374. The number of hydrogen-bond donors (Lipinski definition) is 1. The van der Waals surface area contributed by atoms with Gasteiger partial charge in [0, 0.05) is 24.8 Å². The molecule has 1 atom stereocenters. The number of carbonyl (C=O) groups excluding carboxylic acids is 3. The summed E-state index contributed by atoms with van der Waals surface area (Å²) in [5.41, 5.74) is 3.04. The summed E-state index contributed by atoms with van der Waals surface area (Å²) in [6.07, 6.45) is 2.56. The molecule has 9 heteroatoms. The van der Waals surface area contributed by atoms with E-state index >= 15 is 0 Å². The smallest absolute Gasteiger partial charge is 0.293 e. The van der Waals surface area contributed by atoms with Crippen molar-refractivity contribution >= 4 is 40.6 Å². The number of rotatable bonds is 8. The van der Waals surface area contributed by atoms with Crippen molar-refractivity contribution < 1.29 is 23.9 Å². The fourth-order valence-corrected chi connectivity index (χ4v) is 5.04. The Balaban J connectivity index is 1.33. The van der Waals surface area contributed by atoms with Crippen LogP contribution in [0.2, 0.25) is 0 Å². The number of nitrogens with one attached hydrogen (secondary N) is 1. The van der Waals surface area contributed by atoms with Gasteiger partial charge in [0.15, 0.2) is 11.5 Å². The molecule has 2 aromatic rings. The number of ether oxygens (including phenoxy) is 2. The highest BCUT2D eigenvalue weighted by atomic mass is 32.2. The molecule has 34 heavy (non-hydrogen) atoms. The Morgan fingerprint density at radius 2 is 1.91 bits per heavy atom. The molecule has 4 rings (SSSR count). The van der Waals surface area contributed by atoms with E-state index in [1.807, 2.05) is 18.2 Å². The maximum atomic E-state index is 12.8. The lowest BCUT2D eigenvalue weighted by Gasteiger charge is -2.24. The average Bonchev–Trinajstić information content (AvgIpc) is 3.29. The van der Waals surface area contributed by atoms with E-state index in [2.05, 4.69) is 23.2 Å². The van der Waals surface area contributed by atoms with Crippen LogP contribution >= 0.6 is 11.8 Å². The molecule has 0 bridgehead atoms. The lowest BCUT2D eigenvalue weighted by atomic mass is 10.1. The van der Waals surface area contributed by atoms with E-state index in [1.54, 1.807) is 31.4 Å². The van der Waals surface area contributed by atoms with Crippen LogP contribution in [0.4, 0.5) is 10.5 Å². The van der Waals surface area contributed by atoms with Gasteiger partial charge in [-0.05, 0) is 60.5 Å². The molecule has 1 saturated heterocycles. The van der Waals surface area contributed by atoms with Gasteiger partial charge in [-0.25, -0.2) is 0 Å². The van der Waals surface area contributed by atoms with Crippen molar-refractivity contribution in [3.05, 3.63) is 58.5 Å². The molecule has 2 heterocycles. The Labute approximate surface area is 202 Å². The third kappa shape index (κ3) is 4.89. The average molecular weight is 482 g/mol. The Morgan fingerprint density at radius 1 is 1.15 bits per heavy atom. The van der Waals surface area contributed by atoms with E-state index in [1.165, 1.54) is 12.7 Å². The van der Waals surface area contributed by atoms with E-state index in [4.69, 9.17) is 9.47 Å². The van der Waals surface area contributed by atoms with Crippen molar-refractivity contribution in [2.75, 3.05) is 38.8 Å². The molecule has 8 nitrogen and oxygen atoms in total. The molecule has 178 valence electrons. The molecule has 2 aliphatic heterocycles. The van der Waals surface area contributed by atoms with E-state index in [9.17, 15) is 14.4 Å². The van der Waals surface area contributed by atoms with Crippen LogP contribution in [-0.4, -0.2) is 61.8 Å². The summed E-state index contributed by atoms with van der Waals surface area (Å²) in [7, 11) is 3.08. The van der Waals surface area contributed by atoms with Crippen molar-refractivity contribution in [1.82, 2.24) is 10.2 Å². The Morgan fingerprint density at radius 3 is 2.68 bits per heavy atom. The number of carbonyl (C=O) groups is 3. The predicted octanol–water partition coefficient (Wildman–Crippen LogP) is 3.31. The second-order valence-corrected chi connectivity index (χ2v) is 9.10. The van der Waals surface area contributed by atoms with Crippen molar-refractivity contribution in [2.45, 2.75) is 19.4 Å². The van der Waals surface area contributed by atoms with E-state index in [0.717, 1.165) is 34.3 Å². The first-order valence-electron chi connectivity index (χ1n) is 11.0. The molecule has 0 saturated carbocycles. The summed E-state index contributed by atoms with van der Waals surface area (Å²) in [4.78, 5) is 41.3. The number of amides is 3. The van der Waals surface area contributed by atoms with Crippen molar-refractivity contribution in [3.63, 3.8) is 0 Å². The van der Waals surface area contributed by atoms with Crippen molar-refractivity contribution in [1.29, 1.82) is 0 Å². The van der Waals surface area contributed by atoms with Gasteiger partial charge in [0.1, 0.15) is 0 Å². The number of para-hydroxylation sites is 1. The zero-order valence-electron chi connectivity index (χ0n) is 19.4. The van der Waals surface area contributed by atoms with Gasteiger partial charge in [-0.2, -0.15) is 0 Å². The number of methoxy groups -OCH3 is 2. The van der Waals surface area contributed by atoms with Crippen LogP contribution < -0.4 is 19.7 Å². The van der Waals surface area contributed by atoms with Gasteiger partial charge < -0.3 is 19.7 Å². The Kier molecular flexibility index (Phi) is 7.12. The summed E-state index contributed by atoms with van der Waals surface area (Å²) in [6, 6.07) is 13.6. The highest BCUT2D eigenvalue weighted by Gasteiger charge is 2.35. The summed E-state index contributed by atoms with van der Waals surface area (Å²) in [5, 5.41) is 2.48. The molecule has 0 aromatic heterocycles. The second kappa shape index (κ2) is 10.2. The second-order valence-electron chi connectivity index (χ2n) is 8.11. The van der Waals surface area contributed by atoms with Gasteiger partial charge in [-0.3, -0.25) is 19.3 Å². The maximum Gasteiger partial charge on any atom is 0.293 e. The summed E-state index contributed by atoms with van der Waals surface area (Å²) in [6.45, 7) is 2.65. The number of nitrogens with zero attached hydrogens (tertiary/aromatic N) is 2. The van der Waals surface area contributed by atoms with E-state index < -0.39 is 0 Å². The summed E-state index contributed by atoms with van der Waals surface area (Å²) >= 11 is 0.883. The topological polar surface area (TPSA) is 88.2 Å². The van der Waals surface area contributed by atoms with Crippen LogP contribution in [0.1, 0.15) is 18.1 Å². The molecular weight excluding hydrogens is 454 g/mol. The highest BCUT2D eigenvalue weighted by Crippen LogP contribution is 2.34. The first-order chi connectivity index (χ1) is 16.4. The fraction of sp³-hybridized carbons (Fsp3) is 0.320. The minimum absolute atomic E-state index is 0.117. The zero-order chi connectivity index (χ0) is 24.2. The van der Waals surface area contributed by atoms with Gasteiger partial charge in [-0.15, -0.1) is 0 Å². The largest absolute Gasteiger partial charge is 0.493 e. The normalized spacial score (nSPS) is 18.4. The Hall–Kier alpha value is -3.46. The molecule has 1 N–H and O–H groups in total. The van der Waals surface area contributed by atoms with Gasteiger partial charge in [-0.1, -0.05) is 24.3 Å². The van der Waals surface area contributed by atoms with Gasteiger partial charge in [0.25, 0.3) is 11.1 Å². The summed E-state index contributed by atoms with van der Waals surface area (Å²) in [5.74, 6) is 0.598. The van der Waals surface area contributed by atoms with Crippen LogP contribution in [0.5, 0.6) is 11.5 Å². The lowest BCUT2D eigenvalue weighted by Crippen LogP contribution is -2.43. The van der Waals surface area contributed by atoms with Crippen molar-refractivity contribution in [3.8, 4) is 11.5 Å². The third-order valence-electron chi connectivity index (χ3n) is 5.90. The summed E-state index contributed by atoms with van der Waals surface area (Å²) < 4.78 is 10.5. The lowest BCUT2D eigenvalue weighted by molar-refractivity contribution is -0.124. The molecule has 2 aromatic carbocycles. The van der Waals surface area contributed by atoms with E-state index in [-0.39, 0.29) is 42.7 Å². The van der Waals surface area contributed by atoms with Crippen LogP contribution in [0.15, 0.2) is 47.4 Å². The SMILES string of the molecule is COc1ccc(/C=C2\SC(=O)N(CCNC(=O)CN3c4ccccc4C[C@H]3C)C2=O)cc1OC.